The molecule has 1 heterocycles. The van der Waals surface area contributed by atoms with Crippen molar-refractivity contribution in [3.63, 3.8) is 0 Å². The summed E-state index contributed by atoms with van der Waals surface area (Å²) in [6.07, 6.45) is 0. The van der Waals surface area contributed by atoms with E-state index in [1.165, 1.54) is 0 Å². The maximum absolute atomic E-state index is 11.7. The van der Waals surface area contributed by atoms with Crippen molar-refractivity contribution in [2.75, 3.05) is 6.54 Å². The minimum atomic E-state index is -0.771. The van der Waals surface area contributed by atoms with Gasteiger partial charge in [0.25, 0.3) is 0 Å². The van der Waals surface area contributed by atoms with Crippen LogP contribution in [0.15, 0.2) is 91.0 Å². The molecule has 0 aliphatic carbocycles. The molecule has 0 bridgehead atoms. The Morgan fingerprint density at radius 2 is 1.12 bits per heavy atom. The molecule has 126 valence electrons. The van der Waals surface area contributed by atoms with Gasteiger partial charge >= 0.3 is 24.8 Å². The summed E-state index contributed by atoms with van der Waals surface area (Å²) in [6, 6.07) is 30.0. The topological polar surface area (TPSA) is 40.3 Å². The van der Waals surface area contributed by atoms with Crippen molar-refractivity contribution in [3.05, 3.63) is 108 Å². The maximum atomic E-state index is 11.7. The fourth-order valence-corrected chi connectivity index (χ4v) is 3.76. The van der Waals surface area contributed by atoms with Crippen molar-refractivity contribution in [1.29, 1.82) is 0 Å². The van der Waals surface area contributed by atoms with Gasteiger partial charge in [0, 0.05) is 6.54 Å². The average Bonchev–Trinajstić information content (AvgIpc) is 3.47. The Balaban J connectivity index is 0.00000196. The summed E-state index contributed by atoms with van der Waals surface area (Å²) in [5, 5.41) is 9.59. The zero-order valence-electron chi connectivity index (χ0n) is 13.7. The SMILES string of the molecule is O=C(O)[C@@H]1CN1C(c1ccccc1)(c1ccccc1)c1ccccc1.[LiH]. The monoisotopic (exact) mass is 337 g/mol. The summed E-state index contributed by atoms with van der Waals surface area (Å²) in [6.45, 7) is 0.536. The fraction of sp³-hybridized carbons (Fsp3) is 0.136. The van der Waals surface area contributed by atoms with Crippen LogP contribution in [0.1, 0.15) is 16.7 Å². The third kappa shape index (κ3) is 2.99. The molecule has 1 unspecified atom stereocenters. The van der Waals surface area contributed by atoms with Crippen molar-refractivity contribution in [1.82, 2.24) is 4.90 Å². The summed E-state index contributed by atoms with van der Waals surface area (Å²) in [5.74, 6) is -0.771. The van der Waals surface area contributed by atoms with Crippen molar-refractivity contribution in [2.45, 2.75) is 11.6 Å². The van der Waals surface area contributed by atoms with Gasteiger partial charge in [0.2, 0.25) is 0 Å². The van der Waals surface area contributed by atoms with E-state index in [-0.39, 0.29) is 18.9 Å². The molecule has 3 nitrogen and oxygen atoms in total. The predicted octanol–water partition coefficient (Wildman–Crippen LogP) is 3.10. The molecule has 3 aromatic rings. The number of aliphatic carboxylic acids is 1. The van der Waals surface area contributed by atoms with Crippen LogP contribution in [-0.2, 0) is 10.3 Å². The second-order valence-corrected chi connectivity index (χ2v) is 6.31. The van der Waals surface area contributed by atoms with Crippen LogP contribution in [0.25, 0.3) is 0 Å². The van der Waals surface area contributed by atoms with Crippen LogP contribution < -0.4 is 0 Å². The van der Waals surface area contributed by atoms with E-state index in [9.17, 15) is 9.90 Å². The first-order chi connectivity index (χ1) is 12.2. The third-order valence-corrected chi connectivity index (χ3v) is 4.90. The van der Waals surface area contributed by atoms with E-state index in [1.807, 2.05) is 54.6 Å². The zero-order chi connectivity index (χ0) is 17.3. The number of benzene rings is 3. The quantitative estimate of drug-likeness (QED) is 0.442. The molecule has 1 aliphatic heterocycles. The number of hydrogen-bond donors (Lipinski definition) is 1. The molecule has 0 amide bonds. The van der Waals surface area contributed by atoms with Crippen molar-refractivity contribution >= 4 is 24.8 Å². The summed E-state index contributed by atoms with van der Waals surface area (Å²) in [5.41, 5.74) is 2.63. The molecule has 4 heteroatoms. The van der Waals surface area contributed by atoms with E-state index in [4.69, 9.17) is 0 Å². The Bertz CT molecular complexity index is 772. The molecular weight excluding hydrogens is 317 g/mol. The Morgan fingerprint density at radius 3 is 1.38 bits per heavy atom. The number of rotatable bonds is 5. The van der Waals surface area contributed by atoms with Gasteiger partial charge in [-0.2, -0.15) is 0 Å². The Labute approximate surface area is 165 Å². The molecule has 0 spiro atoms. The number of hydrogen-bond acceptors (Lipinski definition) is 2. The number of carboxylic acids is 1. The molecule has 26 heavy (non-hydrogen) atoms. The van der Waals surface area contributed by atoms with Crippen LogP contribution in [0.3, 0.4) is 0 Å². The van der Waals surface area contributed by atoms with Crippen LogP contribution in [0.4, 0.5) is 0 Å². The van der Waals surface area contributed by atoms with Gasteiger partial charge in [-0.15, -0.1) is 0 Å². The van der Waals surface area contributed by atoms with E-state index >= 15 is 0 Å². The van der Waals surface area contributed by atoms with E-state index in [2.05, 4.69) is 41.3 Å². The molecule has 1 saturated heterocycles. The fourth-order valence-electron chi connectivity index (χ4n) is 3.76. The van der Waals surface area contributed by atoms with Crippen LogP contribution in [0.5, 0.6) is 0 Å². The van der Waals surface area contributed by atoms with Crippen LogP contribution in [0.2, 0.25) is 0 Å². The molecule has 1 aliphatic rings. The molecule has 1 fully saturated rings. The van der Waals surface area contributed by atoms with Gasteiger partial charge in [0.1, 0.15) is 6.04 Å². The van der Waals surface area contributed by atoms with Gasteiger partial charge in [-0.1, -0.05) is 91.0 Å². The van der Waals surface area contributed by atoms with Gasteiger partial charge < -0.3 is 5.11 Å². The Hall–Kier alpha value is -2.31. The zero-order valence-corrected chi connectivity index (χ0v) is 13.7. The minimum absolute atomic E-state index is 0. The van der Waals surface area contributed by atoms with Crippen molar-refractivity contribution in [3.8, 4) is 0 Å². The first-order valence-electron chi connectivity index (χ1n) is 8.40. The molecular formula is C22H20LiNO2. The molecule has 0 radical (unpaired) electrons. The summed E-state index contributed by atoms with van der Waals surface area (Å²) in [4.78, 5) is 13.7. The predicted molar refractivity (Wildman–Crippen MR) is 104 cm³/mol. The summed E-state index contributed by atoms with van der Waals surface area (Å²) < 4.78 is 0. The first kappa shape index (κ1) is 18.5. The molecule has 0 aromatic heterocycles. The standard InChI is InChI=1S/C22H19NO2.Li.H/c24-21(25)20-16-23(20)22(17-10-4-1-5-11-17,18-12-6-2-7-13-18)19-14-8-3-9-15-19;;/h1-15,20H,16H2,(H,24,25);;/t20-,23?;;/m0../s1. The number of carboxylic acid groups (broad SMARTS) is 1. The second-order valence-electron chi connectivity index (χ2n) is 6.31. The molecule has 1 N–H and O–H groups in total. The van der Waals surface area contributed by atoms with E-state index in [0.717, 1.165) is 16.7 Å². The second kappa shape index (κ2) is 7.51. The van der Waals surface area contributed by atoms with Gasteiger partial charge in [0.15, 0.2) is 0 Å². The van der Waals surface area contributed by atoms with E-state index < -0.39 is 17.6 Å². The van der Waals surface area contributed by atoms with E-state index in [1.54, 1.807) is 0 Å². The van der Waals surface area contributed by atoms with Crippen LogP contribution in [-0.4, -0.2) is 47.4 Å². The van der Waals surface area contributed by atoms with Gasteiger partial charge in [-0.25, -0.2) is 0 Å². The summed E-state index contributed by atoms with van der Waals surface area (Å²) >= 11 is 0. The molecule has 0 saturated carbocycles. The van der Waals surface area contributed by atoms with Crippen molar-refractivity contribution < 1.29 is 9.90 Å². The summed E-state index contributed by atoms with van der Waals surface area (Å²) in [7, 11) is 0. The van der Waals surface area contributed by atoms with Crippen molar-refractivity contribution in [2.24, 2.45) is 0 Å². The normalized spacial score (nSPS) is 18.6. The number of nitrogens with zero attached hydrogens (tertiary/aromatic N) is 1. The molecule has 4 rings (SSSR count). The first-order valence-corrected chi connectivity index (χ1v) is 8.40. The third-order valence-electron chi connectivity index (χ3n) is 4.90. The van der Waals surface area contributed by atoms with Crippen LogP contribution >= 0.6 is 0 Å². The molecule has 2 atom stereocenters. The Morgan fingerprint density at radius 1 is 0.769 bits per heavy atom. The van der Waals surface area contributed by atoms with E-state index in [0.29, 0.717) is 6.54 Å². The van der Waals surface area contributed by atoms with Gasteiger partial charge in [0.05, 0.1) is 5.54 Å². The van der Waals surface area contributed by atoms with Crippen LogP contribution in [0, 0.1) is 0 Å². The Kier molecular flexibility index (Phi) is 5.34. The van der Waals surface area contributed by atoms with Gasteiger partial charge in [-0.3, -0.25) is 9.69 Å². The molecule has 3 aromatic carbocycles. The average molecular weight is 337 g/mol. The number of carbonyl (C=O) groups is 1. The van der Waals surface area contributed by atoms with Gasteiger partial charge in [-0.05, 0) is 16.7 Å².